The number of amides is 1. The van der Waals surface area contributed by atoms with Crippen molar-refractivity contribution in [2.45, 2.75) is 30.3 Å². The van der Waals surface area contributed by atoms with E-state index in [-0.39, 0.29) is 36.8 Å². The Hall–Kier alpha value is -2.72. The number of methoxy groups -OCH3 is 1. The number of pyridine rings is 1. The van der Waals surface area contributed by atoms with Crippen LogP contribution in [-0.2, 0) is 9.53 Å². The van der Waals surface area contributed by atoms with Gasteiger partial charge in [0.25, 0.3) is 5.91 Å². The Labute approximate surface area is 232 Å². The predicted molar refractivity (Wildman–Crippen MR) is 149 cm³/mol. The minimum atomic E-state index is -0.394. The van der Waals surface area contributed by atoms with Gasteiger partial charge >= 0.3 is 5.97 Å². The highest BCUT2D eigenvalue weighted by Crippen LogP contribution is 2.34. The highest BCUT2D eigenvalue weighted by Gasteiger charge is 2.24. The van der Waals surface area contributed by atoms with Crippen molar-refractivity contribution in [1.82, 2.24) is 19.6 Å². The summed E-state index contributed by atoms with van der Waals surface area (Å²) in [7, 11) is 1.37. The number of aromatic nitrogens is 2. The van der Waals surface area contributed by atoms with Gasteiger partial charge in [0.2, 0.25) is 0 Å². The van der Waals surface area contributed by atoms with Gasteiger partial charge in [0.1, 0.15) is 17.0 Å². The molecule has 0 saturated carbocycles. The number of carbonyl (C=O) groups is 2. The molecular formula is C26H30Cl2N4O4S. The summed E-state index contributed by atoms with van der Waals surface area (Å²) in [5.41, 5.74) is 2.27. The minimum absolute atomic E-state index is 0. The first-order valence-corrected chi connectivity index (χ1v) is 12.6. The van der Waals surface area contributed by atoms with Crippen LogP contribution >= 0.6 is 36.6 Å². The standard InChI is InChI=1S/C26H28N4O4S.2ClH/c1-33-26(32)20-6-2-3-7-21(20)34-15-5-12-29-13-10-18(11-14-29)28-25(31)22-16-19-17-27-23-8-4-9-24(35-22)30(19)23;;/h2-4,6-9,16-18H,5,10-15H2,1H3,(H,28,31);2*1H. The number of likely N-dealkylation sites (tertiary alicyclic amines) is 1. The molecule has 0 atom stereocenters. The Morgan fingerprint density at radius 3 is 2.68 bits per heavy atom. The van der Waals surface area contributed by atoms with Gasteiger partial charge in [-0.3, -0.25) is 9.20 Å². The molecule has 0 radical (unpaired) electrons. The summed E-state index contributed by atoms with van der Waals surface area (Å²) < 4.78 is 12.7. The molecular weight excluding hydrogens is 535 g/mol. The van der Waals surface area contributed by atoms with Crippen molar-refractivity contribution < 1.29 is 19.1 Å². The Morgan fingerprint density at radius 2 is 1.89 bits per heavy atom. The van der Waals surface area contributed by atoms with E-state index in [0.717, 1.165) is 55.3 Å². The number of rotatable bonds is 8. The highest BCUT2D eigenvalue weighted by molar-refractivity contribution is 8.04. The van der Waals surface area contributed by atoms with E-state index in [4.69, 9.17) is 9.47 Å². The van der Waals surface area contributed by atoms with Gasteiger partial charge in [-0.2, -0.15) is 0 Å². The lowest BCUT2D eigenvalue weighted by Crippen LogP contribution is -2.45. The summed E-state index contributed by atoms with van der Waals surface area (Å²) in [6, 6.07) is 13.2. The van der Waals surface area contributed by atoms with Crippen molar-refractivity contribution in [3.63, 3.8) is 0 Å². The quantitative estimate of drug-likeness (QED) is 0.319. The second kappa shape index (κ2) is 13.2. The number of benzene rings is 1. The molecule has 4 heterocycles. The lowest BCUT2D eigenvalue weighted by molar-refractivity contribution is -0.117. The second-order valence-electron chi connectivity index (χ2n) is 8.63. The molecule has 2 aliphatic heterocycles. The van der Waals surface area contributed by atoms with Gasteiger partial charge in [-0.05, 0) is 49.6 Å². The molecule has 11 heteroatoms. The molecule has 3 aromatic rings. The Balaban J connectivity index is 0.00000190. The van der Waals surface area contributed by atoms with Gasteiger partial charge in [0.15, 0.2) is 0 Å². The number of para-hydroxylation sites is 1. The fourth-order valence-electron chi connectivity index (χ4n) is 4.50. The number of thioether (sulfide) groups is 1. The second-order valence-corrected chi connectivity index (χ2v) is 9.69. The van der Waals surface area contributed by atoms with E-state index < -0.39 is 5.97 Å². The van der Waals surface area contributed by atoms with Crippen molar-refractivity contribution in [3.8, 4) is 5.75 Å². The molecule has 1 fully saturated rings. The molecule has 1 aromatic carbocycles. The largest absolute Gasteiger partial charge is 0.493 e. The third-order valence-electron chi connectivity index (χ3n) is 6.33. The summed E-state index contributed by atoms with van der Waals surface area (Å²) in [5.74, 6) is 0.139. The number of nitrogens with zero attached hydrogens (tertiary/aromatic N) is 3. The van der Waals surface area contributed by atoms with Crippen LogP contribution in [0.2, 0.25) is 0 Å². The zero-order valence-corrected chi connectivity index (χ0v) is 22.9. The van der Waals surface area contributed by atoms with Crippen LogP contribution in [0.4, 0.5) is 0 Å². The fraction of sp³-hybridized carbons (Fsp3) is 0.346. The number of nitrogens with one attached hydrogen (secondary N) is 1. The maximum absolute atomic E-state index is 12.9. The number of piperidine rings is 1. The lowest BCUT2D eigenvalue weighted by atomic mass is 10.0. The van der Waals surface area contributed by atoms with E-state index in [0.29, 0.717) is 22.8 Å². The maximum Gasteiger partial charge on any atom is 0.341 e. The Kier molecular flexibility index (Phi) is 10.3. The first-order valence-electron chi connectivity index (χ1n) is 11.8. The van der Waals surface area contributed by atoms with Gasteiger partial charge in [-0.25, -0.2) is 9.78 Å². The number of ether oxygens (including phenoxy) is 2. The number of hydrogen-bond donors (Lipinski definition) is 1. The number of imidazole rings is 1. The van der Waals surface area contributed by atoms with Gasteiger partial charge in [-0.15, -0.1) is 24.8 Å². The lowest BCUT2D eigenvalue weighted by Gasteiger charge is -2.32. The van der Waals surface area contributed by atoms with Crippen LogP contribution in [0.1, 0.15) is 35.3 Å². The van der Waals surface area contributed by atoms with Gasteiger partial charge in [-0.1, -0.05) is 30.0 Å². The van der Waals surface area contributed by atoms with Crippen molar-refractivity contribution in [2.75, 3.05) is 33.4 Å². The maximum atomic E-state index is 12.9. The van der Waals surface area contributed by atoms with Crippen LogP contribution in [0.5, 0.6) is 5.75 Å². The third-order valence-corrected chi connectivity index (χ3v) is 7.38. The number of carbonyl (C=O) groups excluding carboxylic acids is 2. The summed E-state index contributed by atoms with van der Waals surface area (Å²) in [4.78, 5) is 32.3. The van der Waals surface area contributed by atoms with Gasteiger partial charge in [0, 0.05) is 25.7 Å². The van der Waals surface area contributed by atoms with E-state index in [9.17, 15) is 9.59 Å². The normalized spacial score (nSPS) is 15.2. The third kappa shape index (κ3) is 6.59. The van der Waals surface area contributed by atoms with Crippen LogP contribution in [0.15, 0.2) is 58.6 Å². The monoisotopic (exact) mass is 564 g/mol. The van der Waals surface area contributed by atoms with Crippen LogP contribution in [0.25, 0.3) is 11.7 Å². The summed E-state index contributed by atoms with van der Waals surface area (Å²) in [6.07, 6.45) is 6.42. The smallest absolute Gasteiger partial charge is 0.341 e. The fourth-order valence-corrected chi connectivity index (χ4v) is 5.49. The summed E-state index contributed by atoms with van der Waals surface area (Å²) in [5, 5.41) is 4.23. The minimum Gasteiger partial charge on any atom is -0.493 e. The van der Waals surface area contributed by atoms with Crippen LogP contribution in [-0.4, -0.2) is 65.6 Å². The van der Waals surface area contributed by atoms with Crippen LogP contribution in [0, 0.1) is 0 Å². The topological polar surface area (TPSA) is 85.2 Å². The summed E-state index contributed by atoms with van der Waals surface area (Å²) in [6.45, 7) is 3.30. The van der Waals surface area contributed by atoms with Crippen molar-refractivity contribution >= 4 is 60.2 Å². The molecule has 1 N–H and O–H groups in total. The van der Waals surface area contributed by atoms with Crippen molar-refractivity contribution in [1.29, 1.82) is 0 Å². The Morgan fingerprint density at radius 1 is 1.11 bits per heavy atom. The SMILES string of the molecule is COC(=O)c1ccccc1OCCCN1CCC(NC(=O)C2=Cc3cnc4cccc(n34)S2)CC1.Cl.Cl. The molecule has 37 heavy (non-hydrogen) atoms. The molecule has 2 aliphatic rings. The molecule has 2 aromatic heterocycles. The zero-order valence-electron chi connectivity index (χ0n) is 20.4. The average molecular weight is 566 g/mol. The molecule has 0 aliphatic carbocycles. The van der Waals surface area contributed by atoms with Gasteiger partial charge < -0.3 is 19.7 Å². The molecule has 1 saturated heterocycles. The molecule has 0 spiro atoms. The van der Waals surface area contributed by atoms with E-state index >= 15 is 0 Å². The molecule has 0 bridgehead atoms. The first kappa shape index (κ1) is 28.8. The first-order chi connectivity index (χ1) is 17.1. The van der Waals surface area contributed by atoms with E-state index in [1.54, 1.807) is 18.2 Å². The summed E-state index contributed by atoms with van der Waals surface area (Å²) >= 11 is 1.49. The van der Waals surface area contributed by atoms with Crippen LogP contribution in [0.3, 0.4) is 0 Å². The van der Waals surface area contributed by atoms with Crippen molar-refractivity contribution in [3.05, 3.63) is 64.8 Å². The number of hydrogen-bond acceptors (Lipinski definition) is 7. The molecule has 1 amide bonds. The van der Waals surface area contributed by atoms with Gasteiger partial charge in [0.05, 0.1) is 35.5 Å². The van der Waals surface area contributed by atoms with E-state index in [1.807, 2.05) is 36.5 Å². The van der Waals surface area contributed by atoms with E-state index in [2.05, 4.69) is 19.6 Å². The molecule has 0 unspecified atom stereocenters. The van der Waals surface area contributed by atoms with E-state index in [1.165, 1.54) is 18.9 Å². The number of halogens is 2. The molecule has 198 valence electrons. The molecule has 8 nitrogen and oxygen atoms in total. The zero-order chi connectivity index (χ0) is 24.2. The van der Waals surface area contributed by atoms with Crippen molar-refractivity contribution in [2.24, 2.45) is 0 Å². The molecule has 5 rings (SSSR count). The average Bonchev–Trinajstić information content (AvgIpc) is 3.31. The predicted octanol–water partition coefficient (Wildman–Crippen LogP) is 4.46. The number of esters is 1. The Bertz CT molecular complexity index is 1270. The van der Waals surface area contributed by atoms with Crippen LogP contribution < -0.4 is 10.1 Å². The highest BCUT2D eigenvalue weighted by atomic mass is 35.5.